The van der Waals surface area contributed by atoms with Crippen LogP contribution in [-0.4, -0.2) is 16.3 Å². The lowest BCUT2D eigenvalue weighted by Crippen LogP contribution is -2.30. The molecule has 2 rings (SSSR count). The van der Waals surface area contributed by atoms with Gasteiger partial charge in [0, 0.05) is 35.5 Å². The predicted molar refractivity (Wildman–Crippen MR) is 68.2 cm³/mol. The summed E-state index contributed by atoms with van der Waals surface area (Å²) >= 11 is 0. The van der Waals surface area contributed by atoms with Crippen LogP contribution >= 0.6 is 0 Å². The molecule has 0 bridgehead atoms. The van der Waals surface area contributed by atoms with Gasteiger partial charge in [-0.1, -0.05) is 12.8 Å². The molecule has 1 aliphatic rings. The van der Waals surface area contributed by atoms with E-state index in [1.165, 1.54) is 12.8 Å². The number of aromatic nitrogens is 1. The predicted octanol–water partition coefficient (Wildman–Crippen LogP) is 2.02. The van der Waals surface area contributed by atoms with Crippen LogP contribution in [0.3, 0.4) is 0 Å². The van der Waals surface area contributed by atoms with Crippen LogP contribution in [-0.2, 0) is 6.54 Å². The first-order valence-electron chi connectivity index (χ1n) is 6.35. The molecule has 0 spiro atoms. The van der Waals surface area contributed by atoms with Crippen molar-refractivity contribution in [2.24, 2.45) is 5.41 Å². The minimum atomic E-state index is 0.0323. The Balaban J connectivity index is 2.32. The van der Waals surface area contributed by atoms with Crippen molar-refractivity contribution in [3.05, 3.63) is 33.7 Å². The molecule has 0 radical (unpaired) electrons. The van der Waals surface area contributed by atoms with Crippen molar-refractivity contribution >= 4 is 0 Å². The lowest BCUT2D eigenvalue weighted by Gasteiger charge is -2.29. The first-order chi connectivity index (χ1) is 8.06. The van der Waals surface area contributed by atoms with E-state index in [1.54, 1.807) is 12.1 Å². The number of nitrogens with zero attached hydrogens (tertiary/aromatic N) is 1. The maximum absolute atomic E-state index is 11.4. The van der Waals surface area contributed by atoms with E-state index in [-0.39, 0.29) is 17.5 Å². The zero-order chi connectivity index (χ0) is 12.5. The van der Waals surface area contributed by atoms with Gasteiger partial charge < -0.3 is 9.67 Å². The summed E-state index contributed by atoms with van der Waals surface area (Å²) in [6.45, 7) is 5.02. The molecule has 1 aliphatic carbocycles. The van der Waals surface area contributed by atoms with Gasteiger partial charge in [0.05, 0.1) is 6.61 Å². The van der Waals surface area contributed by atoms with Gasteiger partial charge in [0.15, 0.2) is 5.43 Å². The van der Waals surface area contributed by atoms with Crippen molar-refractivity contribution in [3.8, 4) is 0 Å². The second-order valence-electron chi connectivity index (χ2n) is 5.43. The van der Waals surface area contributed by atoms with Gasteiger partial charge in [-0.15, -0.1) is 0 Å². The number of aryl methyl sites for hydroxylation is 2. The zero-order valence-corrected chi connectivity index (χ0v) is 10.7. The third-order valence-corrected chi connectivity index (χ3v) is 4.05. The van der Waals surface area contributed by atoms with E-state index in [1.807, 2.05) is 13.8 Å². The van der Waals surface area contributed by atoms with E-state index >= 15 is 0 Å². The van der Waals surface area contributed by atoms with E-state index in [9.17, 15) is 9.90 Å². The standard InChI is InChI=1S/C14H21NO2/c1-11-7-13(17)8-12(2)15(11)9-14(10-16)5-3-4-6-14/h7-8,16H,3-6,9-10H2,1-2H3. The molecule has 0 saturated heterocycles. The monoisotopic (exact) mass is 235 g/mol. The summed E-state index contributed by atoms with van der Waals surface area (Å²) in [4.78, 5) is 11.4. The van der Waals surface area contributed by atoms with Gasteiger partial charge in [0.25, 0.3) is 0 Å². The molecular weight excluding hydrogens is 214 g/mol. The molecule has 0 amide bonds. The summed E-state index contributed by atoms with van der Waals surface area (Å²) in [5, 5.41) is 9.64. The second kappa shape index (κ2) is 4.65. The van der Waals surface area contributed by atoms with E-state index in [4.69, 9.17) is 0 Å². The number of pyridine rings is 1. The Morgan fingerprint density at radius 1 is 1.24 bits per heavy atom. The maximum Gasteiger partial charge on any atom is 0.182 e. The Morgan fingerprint density at radius 3 is 2.24 bits per heavy atom. The van der Waals surface area contributed by atoms with E-state index < -0.39 is 0 Å². The molecule has 1 N–H and O–H groups in total. The molecule has 0 aromatic carbocycles. The highest BCUT2D eigenvalue weighted by atomic mass is 16.3. The van der Waals surface area contributed by atoms with Crippen LogP contribution in [0.5, 0.6) is 0 Å². The summed E-state index contributed by atoms with van der Waals surface area (Å²) in [7, 11) is 0. The molecule has 17 heavy (non-hydrogen) atoms. The van der Waals surface area contributed by atoms with Gasteiger partial charge in [-0.05, 0) is 26.7 Å². The van der Waals surface area contributed by atoms with Crippen molar-refractivity contribution in [2.75, 3.05) is 6.61 Å². The van der Waals surface area contributed by atoms with Gasteiger partial charge in [-0.2, -0.15) is 0 Å². The Hall–Kier alpha value is -1.09. The highest BCUT2D eigenvalue weighted by Crippen LogP contribution is 2.39. The van der Waals surface area contributed by atoms with Crippen molar-refractivity contribution in [2.45, 2.75) is 46.1 Å². The number of aliphatic hydroxyl groups is 1. The minimum absolute atomic E-state index is 0.0323. The molecule has 1 fully saturated rings. The topological polar surface area (TPSA) is 42.2 Å². The fraction of sp³-hybridized carbons (Fsp3) is 0.643. The van der Waals surface area contributed by atoms with Gasteiger partial charge in [-0.25, -0.2) is 0 Å². The lowest BCUT2D eigenvalue weighted by molar-refractivity contribution is 0.110. The van der Waals surface area contributed by atoms with Crippen molar-refractivity contribution in [1.29, 1.82) is 0 Å². The Morgan fingerprint density at radius 2 is 1.76 bits per heavy atom. The molecule has 1 saturated carbocycles. The number of aliphatic hydroxyl groups excluding tert-OH is 1. The van der Waals surface area contributed by atoms with Gasteiger partial charge >= 0.3 is 0 Å². The smallest absolute Gasteiger partial charge is 0.182 e. The quantitative estimate of drug-likeness (QED) is 0.871. The molecular formula is C14H21NO2. The average molecular weight is 235 g/mol. The molecule has 0 aliphatic heterocycles. The Kier molecular flexibility index (Phi) is 3.38. The third kappa shape index (κ3) is 2.44. The van der Waals surface area contributed by atoms with Crippen molar-refractivity contribution in [1.82, 2.24) is 4.57 Å². The Bertz CT molecular complexity index is 430. The molecule has 1 aromatic rings. The molecule has 94 valence electrons. The van der Waals surface area contributed by atoms with Crippen LogP contribution in [0.1, 0.15) is 37.1 Å². The first-order valence-corrected chi connectivity index (χ1v) is 6.35. The minimum Gasteiger partial charge on any atom is -0.396 e. The lowest BCUT2D eigenvalue weighted by atomic mass is 9.87. The summed E-state index contributed by atoms with van der Waals surface area (Å²) in [6, 6.07) is 3.35. The number of hydrogen-bond acceptors (Lipinski definition) is 2. The van der Waals surface area contributed by atoms with Crippen LogP contribution in [0.15, 0.2) is 16.9 Å². The maximum atomic E-state index is 11.4. The SMILES string of the molecule is Cc1cc(=O)cc(C)n1CC1(CO)CCCC1. The number of hydrogen-bond donors (Lipinski definition) is 1. The fourth-order valence-electron chi connectivity index (χ4n) is 2.96. The van der Waals surface area contributed by atoms with Crippen LogP contribution < -0.4 is 5.43 Å². The highest BCUT2D eigenvalue weighted by molar-refractivity contribution is 5.13. The molecule has 0 unspecified atom stereocenters. The highest BCUT2D eigenvalue weighted by Gasteiger charge is 2.33. The van der Waals surface area contributed by atoms with Gasteiger partial charge in [-0.3, -0.25) is 4.79 Å². The zero-order valence-electron chi connectivity index (χ0n) is 10.7. The average Bonchev–Trinajstić information content (AvgIpc) is 2.73. The van der Waals surface area contributed by atoms with Crippen LogP contribution in [0.25, 0.3) is 0 Å². The van der Waals surface area contributed by atoms with Crippen molar-refractivity contribution in [3.63, 3.8) is 0 Å². The molecule has 1 heterocycles. The third-order valence-electron chi connectivity index (χ3n) is 4.05. The molecule has 0 atom stereocenters. The van der Waals surface area contributed by atoms with Gasteiger partial charge in [0.1, 0.15) is 0 Å². The second-order valence-corrected chi connectivity index (χ2v) is 5.43. The first kappa shape index (κ1) is 12.4. The number of rotatable bonds is 3. The van der Waals surface area contributed by atoms with Crippen LogP contribution in [0.2, 0.25) is 0 Å². The summed E-state index contributed by atoms with van der Waals surface area (Å²) < 4.78 is 2.17. The van der Waals surface area contributed by atoms with E-state index in [2.05, 4.69) is 4.57 Å². The molecule has 1 aromatic heterocycles. The van der Waals surface area contributed by atoms with E-state index in [0.29, 0.717) is 0 Å². The largest absolute Gasteiger partial charge is 0.396 e. The normalized spacial score (nSPS) is 18.5. The molecule has 3 nitrogen and oxygen atoms in total. The molecule has 3 heteroatoms. The fourth-order valence-corrected chi connectivity index (χ4v) is 2.96. The van der Waals surface area contributed by atoms with Crippen LogP contribution in [0, 0.1) is 19.3 Å². The van der Waals surface area contributed by atoms with Crippen molar-refractivity contribution < 1.29 is 5.11 Å². The van der Waals surface area contributed by atoms with E-state index in [0.717, 1.165) is 30.8 Å². The summed E-state index contributed by atoms with van der Waals surface area (Å²) in [6.07, 6.45) is 4.60. The van der Waals surface area contributed by atoms with Crippen LogP contribution in [0.4, 0.5) is 0 Å². The Labute approximate surface area is 102 Å². The summed E-state index contributed by atoms with van der Waals surface area (Å²) in [5.74, 6) is 0. The van der Waals surface area contributed by atoms with Gasteiger partial charge in [0.2, 0.25) is 0 Å². The summed E-state index contributed by atoms with van der Waals surface area (Å²) in [5.41, 5.74) is 2.09.